The molecule has 3 atom stereocenters. The van der Waals surface area contributed by atoms with Gasteiger partial charge in [-0.05, 0) is 45.8 Å². The van der Waals surface area contributed by atoms with Crippen molar-refractivity contribution in [3.63, 3.8) is 0 Å². The Balaban J connectivity index is 1.62. The van der Waals surface area contributed by atoms with E-state index in [1.807, 2.05) is 16.7 Å². The lowest BCUT2D eigenvalue weighted by molar-refractivity contribution is -0.0814. The van der Waals surface area contributed by atoms with E-state index < -0.39 is 11.8 Å². The Kier molecular flexibility index (Phi) is 4.59. The molecule has 1 saturated carbocycles. The van der Waals surface area contributed by atoms with Crippen LogP contribution in [0.3, 0.4) is 0 Å². The van der Waals surface area contributed by atoms with Crippen LogP contribution < -0.4 is 15.8 Å². The molecule has 148 valence electrons. The zero-order valence-corrected chi connectivity index (χ0v) is 16.8. The van der Waals surface area contributed by atoms with Crippen LogP contribution in [0.4, 0.5) is 4.79 Å². The molecule has 0 unspecified atom stereocenters. The van der Waals surface area contributed by atoms with Gasteiger partial charge in [0.2, 0.25) is 0 Å². The molecule has 4 rings (SSSR count). The molecule has 1 fully saturated rings. The van der Waals surface area contributed by atoms with E-state index in [0.29, 0.717) is 11.4 Å². The molecular formula is C19H21BrN4O4. The number of aromatic nitrogens is 1. The van der Waals surface area contributed by atoms with Crippen molar-refractivity contribution in [2.75, 3.05) is 7.11 Å². The number of methoxy groups -OCH3 is 1. The summed E-state index contributed by atoms with van der Waals surface area (Å²) < 4.78 is 7.78. The highest BCUT2D eigenvalue weighted by molar-refractivity contribution is 9.10. The highest BCUT2D eigenvalue weighted by Crippen LogP contribution is 2.44. The number of nitrogens with zero attached hydrogens (tertiary/aromatic N) is 2. The van der Waals surface area contributed by atoms with Crippen molar-refractivity contribution in [3.05, 3.63) is 52.3 Å². The van der Waals surface area contributed by atoms with Crippen molar-refractivity contribution in [3.8, 4) is 5.75 Å². The van der Waals surface area contributed by atoms with Gasteiger partial charge in [-0.1, -0.05) is 12.1 Å². The van der Waals surface area contributed by atoms with Crippen LogP contribution in [0, 0.1) is 0 Å². The summed E-state index contributed by atoms with van der Waals surface area (Å²) in [6, 6.07) is 9.56. The molecule has 0 radical (unpaired) electrons. The molecule has 2 aliphatic rings. The molecule has 28 heavy (non-hydrogen) atoms. The van der Waals surface area contributed by atoms with Crippen LogP contribution in [0.25, 0.3) is 0 Å². The molecular weight excluding hydrogens is 428 g/mol. The van der Waals surface area contributed by atoms with E-state index in [-0.39, 0.29) is 37.4 Å². The van der Waals surface area contributed by atoms with Gasteiger partial charge < -0.3 is 25.5 Å². The quantitative estimate of drug-likeness (QED) is 0.620. The number of hydrogen-bond acceptors (Lipinski definition) is 4. The van der Waals surface area contributed by atoms with Crippen molar-refractivity contribution >= 4 is 27.9 Å². The van der Waals surface area contributed by atoms with Crippen molar-refractivity contribution < 1.29 is 19.4 Å². The third-order valence-electron chi connectivity index (χ3n) is 5.56. The molecule has 1 aliphatic carbocycles. The molecule has 8 nitrogen and oxygen atoms in total. The summed E-state index contributed by atoms with van der Waals surface area (Å²) in [6.07, 6.45) is 0.462. The highest BCUT2D eigenvalue weighted by atomic mass is 79.9. The molecule has 3 amide bonds. The normalized spacial score (nSPS) is 25.6. The zero-order chi connectivity index (χ0) is 20.1. The Labute approximate surface area is 170 Å². The number of nitrogens with two attached hydrogens (primary N) is 1. The first-order valence-corrected chi connectivity index (χ1v) is 9.71. The molecule has 9 heteroatoms. The summed E-state index contributed by atoms with van der Waals surface area (Å²) in [7, 11) is 1.58. The van der Waals surface area contributed by atoms with Crippen molar-refractivity contribution in [2.24, 2.45) is 5.73 Å². The lowest BCUT2D eigenvalue weighted by atomic mass is 10.1. The first-order chi connectivity index (χ1) is 13.3. The fourth-order valence-electron chi connectivity index (χ4n) is 4.22. The topological polar surface area (TPSA) is 110 Å². The van der Waals surface area contributed by atoms with Gasteiger partial charge >= 0.3 is 6.03 Å². The van der Waals surface area contributed by atoms with Crippen molar-refractivity contribution in [2.45, 2.75) is 37.2 Å². The molecule has 1 aromatic heterocycles. The molecule has 0 saturated heterocycles. The number of benzene rings is 1. The zero-order valence-electron chi connectivity index (χ0n) is 15.3. The largest absolute Gasteiger partial charge is 0.497 e. The standard InChI is InChI=1S/C19H21BrN4O4/c1-28-12-4-2-11(3-5-12)10-23(18(21)26)19(27)8-13-15(9-19)24-14(17(25)22-13)6-7-16(24)20/h2-7,13,15,27H,8-10H2,1H3,(H2,21,26)(H,22,25)/t13-,15+,19+/m0/s1. The molecule has 2 heterocycles. The van der Waals surface area contributed by atoms with Gasteiger partial charge in [0.1, 0.15) is 17.2 Å². The van der Waals surface area contributed by atoms with Gasteiger partial charge in [0, 0.05) is 12.8 Å². The van der Waals surface area contributed by atoms with Crippen molar-refractivity contribution in [1.29, 1.82) is 0 Å². The Bertz CT molecular complexity index is 929. The van der Waals surface area contributed by atoms with Crippen LogP contribution in [0.1, 0.15) is 34.9 Å². The number of halogens is 1. The summed E-state index contributed by atoms with van der Waals surface area (Å²) in [5.74, 6) is 0.504. The van der Waals surface area contributed by atoms with Gasteiger partial charge in [-0.25, -0.2) is 4.79 Å². The first kappa shape index (κ1) is 18.8. The Morgan fingerprint density at radius 2 is 2.07 bits per heavy atom. The van der Waals surface area contributed by atoms with E-state index in [1.165, 1.54) is 4.90 Å². The maximum absolute atomic E-state index is 12.4. The van der Waals surface area contributed by atoms with E-state index in [4.69, 9.17) is 10.5 Å². The number of ether oxygens (including phenoxy) is 1. The van der Waals surface area contributed by atoms with E-state index in [0.717, 1.165) is 10.2 Å². The fourth-order valence-corrected chi connectivity index (χ4v) is 4.81. The predicted molar refractivity (Wildman–Crippen MR) is 105 cm³/mol. The molecule has 0 spiro atoms. The lowest BCUT2D eigenvalue weighted by Crippen LogP contribution is -2.52. The van der Waals surface area contributed by atoms with Gasteiger partial charge in [0.15, 0.2) is 0 Å². The SMILES string of the molecule is COc1ccc(CN(C(N)=O)[C@@]2(O)C[C@@H]3NC(=O)c4ccc(Br)n4[C@@H]3C2)cc1. The number of primary amides is 1. The van der Waals surface area contributed by atoms with Crippen LogP contribution in [0.15, 0.2) is 41.0 Å². The highest BCUT2D eigenvalue weighted by Gasteiger charge is 2.52. The second-order valence-electron chi connectivity index (χ2n) is 7.22. The van der Waals surface area contributed by atoms with Gasteiger partial charge in [0.25, 0.3) is 5.91 Å². The van der Waals surface area contributed by atoms with E-state index in [2.05, 4.69) is 21.2 Å². The molecule has 4 N–H and O–H groups in total. The third kappa shape index (κ3) is 3.04. The number of urea groups is 1. The fraction of sp³-hybridized carbons (Fsp3) is 0.368. The number of aliphatic hydroxyl groups is 1. The molecule has 1 aromatic carbocycles. The Morgan fingerprint density at radius 1 is 1.36 bits per heavy atom. The van der Waals surface area contributed by atoms with Gasteiger partial charge in [-0.3, -0.25) is 9.69 Å². The van der Waals surface area contributed by atoms with Crippen LogP contribution in [0.5, 0.6) is 5.75 Å². The number of amides is 3. The lowest BCUT2D eigenvalue weighted by Gasteiger charge is -2.36. The van der Waals surface area contributed by atoms with E-state index in [1.54, 1.807) is 31.4 Å². The summed E-state index contributed by atoms with van der Waals surface area (Å²) >= 11 is 3.47. The summed E-state index contributed by atoms with van der Waals surface area (Å²) in [5, 5.41) is 14.3. The number of carbonyl (C=O) groups excluding carboxylic acids is 2. The van der Waals surface area contributed by atoms with Gasteiger partial charge in [0.05, 0.1) is 30.3 Å². The average Bonchev–Trinajstić information content (AvgIpc) is 3.20. The number of rotatable bonds is 4. The number of carbonyl (C=O) groups is 2. The van der Waals surface area contributed by atoms with Crippen LogP contribution >= 0.6 is 15.9 Å². The smallest absolute Gasteiger partial charge is 0.317 e. The van der Waals surface area contributed by atoms with E-state index in [9.17, 15) is 14.7 Å². The number of hydrogen-bond donors (Lipinski definition) is 3. The Hall–Kier alpha value is -2.52. The van der Waals surface area contributed by atoms with Crippen molar-refractivity contribution in [1.82, 2.24) is 14.8 Å². The van der Waals surface area contributed by atoms with Crippen LogP contribution in [-0.2, 0) is 6.54 Å². The van der Waals surface area contributed by atoms with E-state index >= 15 is 0 Å². The third-order valence-corrected chi connectivity index (χ3v) is 6.21. The second kappa shape index (κ2) is 6.82. The minimum Gasteiger partial charge on any atom is -0.497 e. The molecule has 2 aromatic rings. The van der Waals surface area contributed by atoms with Gasteiger partial charge in [-0.2, -0.15) is 0 Å². The summed E-state index contributed by atoms with van der Waals surface area (Å²) in [4.78, 5) is 25.8. The summed E-state index contributed by atoms with van der Waals surface area (Å²) in [6.45, 7) is 0.156. The van der Waals surface area contributed by atoms with Gasteiger partial charge in [-0.15, -0.1) is 0 Å². The molecule has 0 bridgehead atoms. The number of nitrogens with one attached hydrogen (secondary N) is 1. The predicted octanol–water partition coefficient (Wildman–Crippen LogP) is 1.98. The minimum absolute atomic E-state index is 0.156. The Morgan fingerprint density at radius 3 is 2.71 bits per heavy atom. The van der Waals surface area contributed by atoms with Crippen LogP contribution in [0.2, 0.25) is 0 Å². The maximum atomic E-state index is 12.4. The minimum atomic E-state index is -1.47. The number of fused-ring (bicyclic) bond motifs is 3. The summed E-state index contributed by atoms with van der Waals surface area (Å²) in [5.41, 5.74) is 5.49. The van der Waals surface area contributed by atoms with Crippen LogP contribution in [-0.4, -0.2) is 45.4 Å². The second-order valence-corrected chi connectivity index (χ2v) is 8.03. The molecule has 1 aliphatic heterocycles. The monoisotopic (exact) mass is 448 g/mol. The first-order valence-electron chi connectivity index (χ1n) is 8.92. The average molecular weight is 449 g/mol. The maximum Gasteiger partial charge on any atom is 0.317 e.